The van der Waals surface area contributed by atoms with E-state index in [1.807, 2.05) is 0 Å². The van der Waals surface area contributed by atoms with E-state index in [0.717, 1.165) is 3.63 Å². The van der Waals surface area contributed by atoms with Gasteiger partial charge in [-0.1, -0.05) is 0 Å². The van der Waals surface area contributed by atoms with E-state index in [4.69, 9.17) is 0 Å². The van der Waals surface area contributed by atoms with Crippen LogP contribution in [0, 0.1) is 0 Å². The van der Waals surface area contributed by atoms with Crippen molar-refractivity contribution < 1.29 is 21.8 Å². The second-order valence-corrected chi connectivity index (χ2v) is 11.0. The zero-order valence-corrected chi connectivity index (χ0v) is 9.26. The normalized spacial score (nSPS) is 16.6. The molecule has 1 heteroatoms. The summed E-state index contributed by atoms with van der Waals surface area (Å²) < 4.78 is 3.92. The molecular weight excluding hydrogens is 199 g/mol. The molecule has 1 aliphatic rings. The standard InChI is InChI=1S/C5H5.2C2H5.Zr/c1-2-4-5-3-1;2*1-2;/h1-5H;2*1H2,2H3;. The van der Waals surface area contributed by atoms with E-state index in [0.29, 0.717) is 0 Å². The summed E-state index contributed by atoms with van der Waals surface area (Å²) in [4.78, 5) is 0. The van der Waals surface area contributed by atoms with Crippen molar-refractivity contribution in [3.8, 4) is 0 Å². The van der Waals surface area contributed by atoms with Crippen molar-refractivity contribution in [3.63, 3.8) is 0 Å². The van der Waals surface area contributed by atoms with Crippen molar-refractivity contribution in [3.05, 3.63) is 24.3 Å². The van der Waals surface area contributed by atoms with E-state index in [9.17, 15) is 0 Å². The van der Waals surface area contributed by atoms with Gasteiger partial charge in [0, 0.05) is 0 Å². The van der Waals surface area contributed by atoms with Gasteiger partial charge in [0.05, 0.1) is 0 Å². The molecule has 10 heavy (non-hydrogen) atoms. The summed E-state index contributed by atoms with van der Waals surface area (Å²) >= 11 is -0.954. The van der Waals surface area contributed by atoms with Gasteiger partial charge in [0.1, 0.15) is 0 Å². The molecule has 0 bridgehead atoms. The number of hydrogen-bond acceptors (Lipinski definition) is 0. The molecule has 0 atom stereocenters. The van der Waals surface area contributed by atoms with Crippen LogP contribution in [0.4, 0.5) is 0 Å². The summed E-state index contributed by atoms with van der Waals surface area (Å²) in [5.74, 6) is 0. The molecule has 0 radical (unpaired) electrons. The van der Waals surface area contributed by atoms with Gasteiger partial charge < -0.3 is 0 Å². The molecule has 0 unspecified atom stereocenters. The van der Waals surface area contributed by atoms with Crippen molar-refractivity contribution in [1.82, 2.24) is 0 Å². The van der Waals surface area contributed by atoms with E-state index in [1.54, 1.807) is 0 Å². The zero-order chi connectivity index (χ0) is 7.40. The zero-order valence-electron chi connectivity index (χ0n) is 6.80. The van der Waals surface area contributed by atoms with Gasteiger partial charge in [-0.15, -0.1) is 0 Å². The Kier molecular flexibility index (Phi) is 3.62. The van der Waals surface area contributed by atoms with Gasteiger partial charge in [-0.05, 0) is 0 Å². The fraction of sp³-hybridized carbons (Fsp3) is 0.556. The minimum absolute atomic E-state index is 0.928. The maximum absolute atomic E-state index is 2.39. The minimum atomic E-state index is -0.954. The van der Waals surface area contributed by atoms with Crippen LogP contribution in [0.15, 0.2) is 24.3 Å². The van der Waals surface area contributed by atoms with E-state index in [2.05, 4.69) is 38.2 Å². The van der Waals surface area contributed by atoms with E-state index in [1.165, 1.54) is 8.26 Å². The average Bonchev–Trinajstić information content (AvgIpc) is 2.43. The molecule has 1 aliphatic carbocycles. The Balaban J connectivity index is 2.45. The van der Waals surface area contributed by atoms with Gasteiger partial charge >= 0.3 is 71.8 Å². The first-order valence-corrected chi connectivity index (χ1v) is 8.97. The van der Waals surface area contributed by atoms with E-state index >= 15 is 0 Å². The van der Waals surface area contributed by atoms with Crippen LogP contribution in [0.2, 0.25) is 11.9 Å². The SMILES string of the molecule is C[CH2][Zr]([CH2]C)[CH]1C=CC=C1. The summed E-state index contributed by atoms with van der Waals surface area (Å²) in [6.07, 6.45) is 9.19. The molecule has 0 heterocycles. The first-order valence-electron chi connectivity index (χ1n) is 4.08. The Bertz CT molecular complexity index is 131. The van der Waals surface area contributed by atoms with Gasteiger partial charge in [0.2, 0.25) is 0 Å². The van der Waals surface area contributed by atoms with E-state index < -0.39 is 21.8 Å². The third kappa shape index (κ3) is 1.92. The summed E-state index contributed by atoms with van der Waals surface area (Å²) in [5, 5.41) is 0. The van der Waals surface area contributed by atoms with Crippen molar-refractivity contribution in [2.24, 2.45) is 0 Å². The van der Waals surface area contributed by atoms with Gasteiger partial charge in [0.15, 0.2) is 0 Å². The molecule has 0 spiro atoms. The van der Waals surface area contributed by atoms with Crippen LogP contribution in [0.1, 0.15) is 13.8 Å². The van der Waals surface area contributed by atoms with Gasteiger partial charge in [-0.25, -0.2) is 0 Å². The topological polar surface area (TPSA) is 0 Å². The Morgan fingerprint density at radius 2 is 1.60 bits per heavy atom. The quantitative estimate of drug-likeness (QED) is 0.675. The molecule has 0 aromatic heterocycles. The summed E-state index contributed by atoms with van der Waals surface area (Å²) in [7, 11) is 0. The Labute approximate surface area is 71.7 Å². The molecule has 0 nitrogen and oxygen atoms in total. The summed E-state index contributed by atoms with van der Waals surface area (Å²) in [5.41, 5.74) is 0. The van der Waals surface area contributed by atoms with Crippen LogP contribution in [0.25, 0.3) is 0 Å². The van der Waals surface area contributed by atoms with Crippen LogP contribution >= 0.6 is 0 Å². The van der Waals surface area contributed by atoms with Crippen LogP contribution in [0.5, 0.6) is 0 Å². The van der Waals surface area contributed by atoms with Crippen LogP contribution in [-0.2, 0) is 21.8 Å². The van der Waals surface area contributed by atoms with Crippen molar-refractivity contribution in [1.29, 1.82) is 0 Å². The molecule has 0 N–H and O–H groups in total. The molecule has 0 aliphatic heterocycles. The molecule has 0 aromatic carbocycles. The fourth-order valence-electron chi connectivity index (χ4n) is 1.43. The molecule has 1 rings (SSSR count). The molecule has 55 valence electrons. The maximum atomic E-state index is 2.39. The third-order valence-corrected chi connectivity index (χ3v) is 9.86. The van der Waals surface area contributed by atoms with E-state index in [-0.39, 0.29) is 0 Å². The van der Waals surface area contributed by atoms with Crippen LogP contribution in [0.3, 0.4) is 0 Å². The number of allylic oxidation sites excluding steroid dienone is 4. The molecule has 0 amide bonds. The second kappa shape index (κ2) is 4.28. The monoisotopic (exact) mass is 213 g/mol. The predicted octanol–water partition coefficient (Wildman–Crippen LogP) is 3.40. The fourth-order valence-corrected chi connectivity index (χ4v) is 6.86. The predicted molar refractivity (Wildman–Crippen MR) is 43.0 cm³/mol. The Hall–Kier alpha value is 0.363. The number of rotatable bonds is 3. The van der Waals surface area contributed by atoms with Crippen molar-refractivity contribution in [2.45, 2.75) is 25.7 Å². The summed E-state index contributed by atoms with van der Waals surface area (Å²) in [6, 6.07) is 0. The summed E-state index contributed by atoms with van der Waals surface area (Å²) in [6.45, 7) is 4.72. The Morgan fingerprint density at radius 1 is 1.10 bits per heavy atom. The third-order valence-electron chi connectivity index (χ3n) is 2.13. The molecule has 0 saturated carbocycles. The second-order valence-electron chi connectivity index (χ2n) is 2.66. The van der Waals surface area contributed by atoms with Gasteiger partial charge in [-0.2, -0.15) is 0 Å². The first kappa shape index (κ1) is 8.46. The molecule has 0 aromatic rings. The van der Waals surface area contributed by atoms with Crippen LogP contribution in [-0.4, -0.2) is 0 Å². The number of hydrogen-bond donors (Lipinski definition) is 0. The van der Waals surface area contributed by atoms with Gasteiger partial charge in [0.25, 0.3) is 0 Å². The van der Waals surface area contributed by atoms with Crippen molar-refractivity contribution >= 4 is 0 Å². The van der Waals surface area contributed by atoms with Crippen LogP contribution < -0.4 is 0 Å². The molecule has 0 fully saturated rings. The van der Waals surface area contributed by atoms with Gasteiger partial charge in [-0.3, -0.25) is 0 Å². The molecular formula is C9H15Zr. The average molecular weight is 214 g/mol. The molecule has 0 saturated heterocycles. The van der Waals surface area contributed by atoms with Crippen molar-refractivity contribution in [2.75, 3.05) is 0 Å². The Morgan fingerprint density at radius 3 is 2.00 bits per heavy atom. The first-order chi connectivity index (χ1) is 4.88.